The van der Waals surface area contributed by atoms with Crippen molar-refractivity contribution in [3.05, 3.63) is 59.3 Å². The highest BCUT2D eigenvalue weighted by atomic mass is 32.2. The number of carbonyl (C=O) groups is 4. The molecule has 0 spiro atoms. The second kappa shape index (κ2) is 14.5. The van der Waals surface area contributed by atoms with Gasteiger partial charge in [-0.25, -0.2) is 22.8 Å². The lowest BCUT2D eigenvalue weighted by Crippen LogP contribution is -2.58. The Hall–Kier alpha value is -5.14. The zero-order valence-corrected chi connectivity index (χ0v) is 30.3. The van der Waals surface area contributed by atoms with Crippen LogP contribution in [0.25, 0.3) is 11.0 Å². The monoisotopic (exact) mass is 790 g/mol. The maximum atomic E-state index is 14.4. The van der Waals surface area contributed by atoms with Crippen LogP contribution in [0.3, 0.4) is 0 Å². The van der Waals surface area contributed by atoms with Gasteiger partial charge in [-0.1, -0.05) is 25.0 Å². The van der Waals surface area contributed by atoms with Crippen molar-refractivity contribution in [3.8, 4) is 5.88 Å². The van der Waals surface area contributed by atoms with E-state index in [0.29, 0.717) is 44.2 Å². The summed E-state index contributed by atoms with van der Waals surface area (Å²) >= 11 is 0. The Bertz CT molecular complexity index is 2180. The van der Waals surface area contributed by atoms with E-state index in [4.69, 9.17) is 4.74 Å². The van der Waals surface area contributed by atoms with Crippen LogP contribution >= 0.6 is 0 Å². The van der Waals surface area contributed by atoms with Crippen LogP contribution in [0.1, 0.15) is 79.7 Å². The number of fused-ring (bicyclic) bond motifs is 3. The fourth-order valence-electron chi connectivity index (χ4n) is 7.06. The molecule has 0 radical (unpaired) electrons. The average Bonchev–Trinajstić information content (AvgIpc) is 4.01. The summed E-state index contributed by atoms with van der Waals surface area (Å²) in [6, 6.07) is 1.67. The molecule has 2 aliphatic heterocycles. The van der Waals surface area contributed by atoms with Crippen LogP contribution in [-0.2, 0) is 30.6 Å². The van der Waals surface area contributed by atoms with Gasteiger partial charge in [0.2, 0.25) is 33.4 Å². The maximum Gasteiger partial charge on any atom is 0.438 e. The number of alkyl halides is 3. The van der Waals surface area contributed by atoms with E-state index in [-0.39, 0.29) is 29.6 Å². The molecule has 55 heavy (non-hydrogen) atoms. The van der Waals surface area contributed by atoms with Gasteiger partial charge in [-0.05, 0) is 63.6 Å². The second-order valence-electron chi connectivity index (χ2n) is 14.5. The van der Waals surface area contributed by atoms with E-state index in [2.05, 4.69) is 35.5 Å². The van der Waals surface area contributed by atoms with Crippen molar-refractivity contribution in [1.29, 1.82) is 0 Å². The molecule has 2 aromatic heterocycles. The van der Waals surface area contributed by atoms with Crippen molar-refractivity contribution in [2.75, 3.05) is 6.54 Å². The van der Waals surface area contributed by atoms with Crippen LogP contribution in [0.4, 0.5) is 17.6 Å². The van der Waals surface area contributed by atoms with Gasteiger partial charge in [-0.15, -0.1) is 0 Å². The smallest absolute Gasteiger partial charge is 0.438 e. The van der Waals surface area contributed by atoms with Crippen molar-refractivity contribution in [2.45, 2.75) is 99.9 Å². The summed E-state index contributed by atoms with van der Waals surface area (Å²) < 4.78 is 90.2. The number of rotatable bonds is 7. The van der Waals surface area contributed by atoms with Crippen molar-refractivity contribution < 1.29 is 49.9 Å². The number of aryl methyl sites for hydroxylation is 1. The molecule has 7 rings (SSSR count). The minimum atomic E-state index is -5.06. The fourth-order valence-corrected chi connectivity index (χ4v) is 8.42. The van der Waals surface area contributed by atoms with Crippen LogP contribution in [0.5, 0.6) is 5.88 Å². The van der Waals surface area contributed by atoms with Crippen molar-refractivity contribution in [2.24, 2.45) is 5.92 Å². The van der Waals surface area contributed by atoms with Crippen LogP contribution in [0.15, 0.2) is 36.4 Å². The number of halogens is 4. The van der Waals surface area contributed by atoms with Gasteiger partial charge in [-0.3, -0.25) is 29.0 Å². The quantitative estimate of drug-likeness (QED) is 0.204. The zero-order chi connectivity index (χ0) is 39.3. The van der Waals surface area contributed by atoms with Crippen molar-refractivity contribution in [1.82, 2.24) is 40.4 Å². The first kappa shape index (κ1) is 38.1. The number of carbonyl (C=O) groups excluding carboxylic acids is 4. The molecule has 5 atom stereocenters. The number of aromatic amines is 1. The van der Waals surface area contributed by atoms with E-state index in [1.165, 1.54) is 6.07 Å². The summed E-state index contributed by atoms with van der Waals surface area (Å²) in [5, 5.41) is 11.2. The predicted molar refractivity (Wildman–Crippen MR) is 185 cm³/mol. The van der Waals surface area contributed by atoms with Gasteiger partial charge < -0.3 is 20.3 Å². The Labute approximate surface area is 312 Å². The number of benzene rings is 1. The number of aromatic nitrogens is 4. The maximum absolute atomic E-state index is 14.4. The molecule has 4 N–H and O–H groups in total. The van der Waals surface area contributed by atoms with E-state index in [1.54, 1.807) is 13.0 Å². The normalized spacial score (nSPS) is 26.3. The van der Waals surface area contributed by atoms with Gasteiger partial charge in [0, 0.05) is 18.4 Å². The van der Waals surface area contributed by atoms with Crippen LogP contribution in [0, 0.1) is 18.7 Å². The van der Waals surface area contributed by atoms with Crippen LogP contribution in [0.2, 0.25) is 0 Å². The molecule has 2 aliphatic carbocycles. The van der Waals surface area contributed by atoms with E-state index in [1.807, 2.05) is 6.08 Å². The van der Waals surface area contributed by atoms with Gasteiger partial charge in [0.15, 0.2) is 0 Å². The molecule has 0 bridgehead atoms. The van der Waals surface area contributed by atoms with Crippen molar-refractivity contribution >= 4 is 44.7 Å². The molecule has 3 aromatic rings. The van der Waals surface area contributed by atoms with Gasteiger partial charge >= 0.3 is 6.18 Å². The second-order valence-corrected chi connectivity index (χ2v) is 16.4. The summed E-state index contributed by atoms with van der Waals surface area (Å²) in [6.07, 6.45) is 0.183. The fraction of sp³-hybridized carbons (Fsp3) is 0.514. The predicted octanol–water partition coefficient (Wildman–Crippen LogP) is 2.97. The number of H-pyrrole nitrogens is 1. The molecule has 15 nitrogen and oxygen atoms in total. The Morgan fingerprint density at radius 2 is 1.84 bits per heavy atom. The zero-order valence-electron chi connectivity index (χ0n) is 29.5. The summed E-state index contributed by atoms with van der Waals surface area (Å²) in [6.45, 7) is 1.20. The summed E-state index contributed by atoms with van der Waals surface area (Å²) in [4.78, 5) is 64.2. The van der Waals surface area contributed by atoms with Crippen molar-refractivity contribution in [3.63, 3.8) is 0 Å². The van der Waals surface area contributed by atoms with E-state index in [0.717, 1.165) is 23.1 Å². The molecule has 4 heterocycles. The third-order valence-corrected chi connectivity index (χ3v) is 12.1. The highest BCUT2D eigenvalue weighted by Gasteiger charge is 2.62. The average molecular weight is 791 g/mol. The molecule has 0 unspecified atom stereocenters. The molecule has 4 aliphatic rings. The van der Waals surface area contributed by atoms with E-state index >= 15 is 0 Å². The first-order chi connectivity index (χ1) is 26.0. The molecule has 1 saturated heterocycles. The largest absolute Gasteiger partial charge is 0.471 e. The lowest BCUT2D eigenvalue weighted by Gasteiger charge is -2.29. The number of hydrogen-bond acceptors (Lipinski definition) is 10. The van der Waals surface area contributed by atoms with Crippen LogP contribution in [-0.4, -0.2) is 92.6 Å². The highest BCUT2D eigenvalue weighted by molar-refractivity contribution is 7.91. The van der Waals surface area contributed by atoms with Gasteiger partial charge in [0.1, 0.15) is 35.2 Å². The molecule has 4 amide bonds. The standard InChI is InChI=1S/C35H38F4N8O7S/c1-18-13-26(45-44-18)29(48)41-24-8-6-4-2-3-5-7-19-16-34(19,33(51)46-55(52,53)22-10-11-22)43-30(49)27-15-21(17-47(27)32(24)50)54-31-28(35(37,38)39)40-23-12-9-20(36)14-25(23)42-31/h5,7,9,12-14,19,21-22,24,27H,2-4,6,8,10-11,15-17H2,1H3,(H,41,48)(H,43,49)(H,44,45)(H,46,51)/t19-,21-,24+,27+,34-/m1/s1. The first-order valence-electron chi connectivity index (χ1n) is 17.9. The Morgan fingerprint density at radius 3 is 2.55 bits per heavy atom. The molecular formula is C35H38F4N8O7S. The molecule has 3 fully saturated rings. The number of amides is 4. The summed E-state index contributed by atoms with van der Waals surface area (Å²) in [5.41, 5.74) is -3.09. The summed E-state index contributed by atoms with van der Waals surface area (Å²) in [7, 11) is -4.01. The number of nitrogens with zero attached hydrogens (tertiary/aromatic N) is 4. The first-order valence-corrected chi connectivity index (χ1v) is 19.5. The molecule has 1 aromatic carbocycles. The number of hydrogen-bond donors (Lipinski definition) is 4. The molecular weight excluding hydrogens is 752 g/mol. The number of sulfonamides is 1. The third-order valence-electron chi connectivity index (χ3n) is 10.2. The van der Waals surface area contributed by atoms with E-state index < -0.39 is 105 Å². The lowest BCUT2D eigenvalue weighted by molar-refractivity contribution is -0.143. The van der Waals surface area contributed by atoms with Crippen LogP contribution < -0.4 is 20.1 Å². The highest BCUT2D eigenvalue weighted by Crippen LogP contribution is 2.46. The SMILES string of the molecule is Cc1cc(C(=O)N[C@H]2CCCCCC=C[C@@H]3C[C@@]3(C(=O)NS(=O)(=O)C3CC3)NC(=O)[C@@H]3C[C@@H](Oc4nc5cc(F)ccc5nc4C(F)(F)F)CN3C2=O)[nH]n1. The Morgan fingerprint density at radius 1 is 1.05 bits per heavy atom. The Kier molecular flexibility index (Phi) is 10.1. The van der Waals surface area contributed by atoms with E-state index in [9.17, 15) is 45.2 Å². The number of nitrogens with one attached hydrogen (secondary N) is 4. The molecule has 20 heteroatoms. The third kappa shape index (κ3) is 8.13. The lowest BCUT2D eigenvalue weighted by atomic mass is 10.0. The topological polar surface area (TPSA) is 205 Å². The minimum Gasteiger partial charge on any atom is -0.471 e. The van der Waals surface area contributed by atoms with Gasteiger partial charge in [0.05, 0.1) is 28.5 Å². The minimum absolute atomic E-state index is 0.0579. The molecule has 294 valence electrons. The Balaban J connectivity index is 1.22. The molecule has 2 saturated carbocycles. The van der Waals surface area contributed by atoms with Gasteiger partial charge in [-0.2, -0.15) is 18.3 Å². The summed E-state index contributed by atoms with van der Waals surface area (Å²) in [5.74, 6) is -5.59. The number of ether oxygens (including phenoxy) is 1. The number of allylic oxidation sites excluding steroid dienone is 1. The van der Waals surface area contributed by atoms with Gasteiger partial charge in [0.25, 0.3) is 11.8 Å².